The van der Waals surface area contributed by atoms with Crippen LogP contribution in [0.5, 0.6) is 0 Å². The van der Waals surface area contributed by atoms with Gasteiger partial charge >= 0.3 is 0 Å². The molecule has 0 aliphatic carbocycles. The Labute approximate surface area is 119 Å². The SMILES string of the molecule is O=C(NCCCN1CCCC1)c1cccc2cc[nH]c12. The van der Waals surface area contributed by atoms with Crippen LogP contribution in [0.1, 0.15) is 29.6 Å². The third-order valence-corrected chi connectivity index (χ3v) is 3.97. The standard InChI is InChI=1S/C16H21N3O/c20-16(18-8-4-12-19-10-1-2-11-19)14-6-3-5-13-7-9-17-15(13)14/h3,5-7,9,17H,1-2,4,8,10-12H2,(H,18,20). The third-order valence-electron chi connectivity index (χ3n) is 3.97. The Morgan fingerprint density at radius 1 is 1.25 bits per heavy atom. The molecule has 0 radical (unpaired) electrons. The zero-order valence-electron chi connectivity index (χ0n) is 11.7. The van der Waals surface area contributed by atoms with Crippen molar-refractivity contribution in [3.8, 4) is 0 Å². The number of amides is 1. The zero-order chi connectivity index (χ0) is 13.8. The molecule has 1 saturated heterocycles. The van der Waals surface area contributed by atoms with Crippen molar-refractivity contribution in [1.82, 2.24) is 15.2 Å². The van der Waals surface area contributed by atoms with E-state index in [2.05, 4.69) is 15.2 Å². The van der Waals surface area contributed by atoms with Gasteiger partial charge in [-0.2, -0.15) is 0 Å². The first kappa shape index (κ1) is 13.2. The molecule has 4 heteroatoms. The average molecular weight is 271 g/mol. The number of nitrogens with zero attached hydrogens (tertiary/aromatic N) is 1. The fourth-order valence-corrected chi connectivity index (χ4v) is 2.88. The number of aromatic nitrogens is 1. The maximum Gasteiger partial charge on any atom is 0.253 e. The van der Waals surface area contributed by atoms with Crippen LogP contribution in [-0.2, 0) is 0 Å². The molecule has 2 aromatic rings. The van der Waals surface area contributed by atoms with Gasteiger partial charge in [-0.15, -0.1) is 0 Å². The molecule has 0 bridgehead atoms. The first-order valence-corrected chi connectivity index (χ1v) is 7.41. The fourth-order valence-electron chi connectivity index (χ4n) is 2.88. The summed E-state index contributed by atoms with van der Waals surface area (Å²) >= 11 is 0. The van der Waals surface area contributed by atoms with Crippen LogP contribution in [0.25, 0.3) is 10.9 Å². The molecular weight excluding hydrogens is 250 g/mol. The van der Waals surface area contributed by atoms with Crippen LogP contribution in [0, 0.1) is 0 Å². The zero-order valence-corrected chi connectivity index (χ0v) is 11.7. The van der Waals surface area contributed by atoms with Gasteiger partial charge in [0, 0.05) is 18.1 Å². The summed E-state index contributed by atoms with van der Waals surface area (Å²) in [4.78, 5) is 17.8. The minimum atomic E-state index is 0.0134. The van der Waals surface area contributed by atoms with Crippen LogP contribution < -0.4 is 5.32 Å². The quantitative estimate of drug-likeness (QED) is 0.820. The molecule has 1 aromatic carbocycles. The van der Waals surface area contributed by atoms with Gasteiger partial charge in [-0.3, -0.25) is 4.79 Å². The molecule has 0 saturated carbocycles. The fraction of sp³-hybridized carbons (Fsp3) is 0.438. The summed E-state index contributed by atoms with van der Waals surface area (Å²) in [5.74, 6) is 0.0134. The summed E-state index contributed by atoms with van der Waals surface area (Å²) in [6, 6.07) is 7.79. The predicted molar refractivity (Wildman–Crippen MR) is 80.9 cm³/mol. The summed E-state index contributed by atoms with van der Waals surface area (Å²) in [6.07, 6.45) is 5.53. The minimum Gasteiger partial charge on any atom is -0.361 e. The average Bonchev–Trinajstić information content (AvgIpc) is 3.13. The molecule has 106 valence electrons. The van der Waals surface area contributed by atoms with Gasteiger partial charge in [0.15, 0.2) is 0 Å². The Bertz CT molecular complexity index is 584. The van der Waals surface area contributed by atoms with E-state index in [1.54, 1.807) is 0 Å². The van der Waals surface area contributed by atoms with Gasteiger partial charge in [-0.1, -0.05) is 12.1 Å². The van der Waals surface area contributed by atoms with E-state index < -0.39 is 0 Å². The topological polar surface area (TPSA) is 48.1 Å². The molecule has 2 N–H and O–H groups in total. The van der Waals surface area contributed by atoms with E-state index >= 15 is 0 Å². The first-order chi connectivity index (χ1) is 9.84. The van der Waals surface area contributed by atoms with Crippen LogP contribution in [0.4, 0.5) is 0 Å². The van der Waals surface area contributed by atoms with Gasteiger partial charge in [-0.25, -0.2) is 0 Å². The summed E-state index contributed by atoms with van der Waals surface area (Å²) in [6.45, 7) is 4.27. The van der Waals surface area contributed by atoms with Crippen LogP contribution in [0.3, 0.4) is 0 Å². The second-order valence-electron chi connectivity index (χ2n) is 5.41. The lowest BCUT2D eigenvalue weighted by atomic mass is 10.1. The van der Waals surface area contributed by atoms with Crippen molar-refractivity contribution in [1.29, 1.82) is 0 Å². The number of rotatable bonds is 5. The van der Waals surface area contributed by atoms with E-state index in [-0.39, 0.29) is 5.91 Å². The Kier molecular flexibility index (Phi) is 4.02. The summed E-state index contributed by atoms with van der Waals surface area (Å²) in [5.41, 5.74) is 1.65. The van der Waals surface area contributed by atoms with Crippen LogP contribution >= 0.6 is 0 Å². The highest BCUT2D eigenvalue weighted by Crippen LogP contribution is 2.16. The van der Waals surface area contributed by atoms with Gasteiger partial charge in [0.2, 0.25) is 0 Å². The van der Waals surface area contributed by atoms with E-state index in [4.69, 9.17) is 0 Å². The predicted octanol–water partition coefficient (Wildman–Crippen LogP) is 2.38. The van der Waals surface area contributed by atoms with Gasteiger partial charge in [0.05, 0.1) is 11.1 Å². The smallest absolute Gasteiger partial charge is 0.253 e. The Morgan fingerprint density at radius 2 is 2.10 bits per heavy atom. The lowest BCUT2D eigenvalue weighted by Gasteiger charge is -2.14. The maximum atomic E-state index is 12.2. The second-order valence-corrected chi connectivity index (χ2v) is 5.41. The third kappa shape index (κ3) is 2.85. The molecule has 1 aliphatic heterocycles. The molecule has 0 unspecified atom stereocenters. The molecule has 2 heterocycles. The van der Waals surface area contributed by atoms with Crippen molar-refractivity contribution in [3.05, 3.63) is 36.0 Å². The first-order valence-electron chi connectivity index (χ1n) is 7.41. The maximum absolute atomic E-state index is 12.2. The molecular formula is C16H21N3O. The van der Waals surface area contributed by atoms with Gasteiger partial charge in [0.25, 0.3) is 5.91 Å². The van der Waals surface area contributed by atoms with E-state index in [0.29, 0.717) is 0 Å². The number of likely N-dealkylation sites (tertiary alicyclic amines) is 1. The lowest BCUT2D eigenvalue weighted by molar-refractivity contribution is 0.0953. The van der Waals surface area contributed by atoms with Crippen molar-refractivity contribution >= 4 is 16.8 Å². The van der Waals surface area contributed by atoms with Gasteiger partial charge in [-0.05, 0) is 51.0 Å². The second kappa shape index (κ2) is 6.09. The van der Waals surface area contributed by atoms with E-state index in [0.717, 1.165) is 36.0 Å². The molecule has 1 aromatic heterocycles. The lowest BCUT2D eigenvalue weighted by Crippen LogP contribution is -2.28. The number of hydrogen-bond donors (Lipinski definition) is 2. The number of para-hydroxylation sites is 1. The van der Waals surface area contributed by atoms with Crippen LogP contribution in [0.15, 0.2) is 30.5 Å². The molecule has 3 rings (SSSR count). The van der Waals surface area contributed by atoms with Gasteiger partial charge in [0.1, 0.15) is 0 Å². The van der Waals surface area contributed by atoms with E-state index in [1.165, 1.54) is 25.9 Å². The number of benzene rings is 1. The van der Waals surface area contributed by atoms with Crippen molar-refractivity contribution in [2.75, 3.05) is 26.2 Å². The summed E-state index contributed by atoms with van der Waals surface area (Å²) in [7, 11) is 0. The molecule has 4 nitrogen and oxygen atoms in total. The number of H-pyrrole nitrogens is 1. The Morgan fingerprint density at radius 3 is 2.95 bits per heavy atom. The number of carbonyl (C=O) groups is 1. The van der Waals surface area contributed by atoms with Gasteiger partial charge < -0.3 is 15.2 Å². The molecule has 1 amide bonds. The number of hydrogen-bond acceptors (Lipinski definition) is 2. The summed E-state index contributed by atoms with van der Waals surface area (Å²) in [5, 5.41) is 4.10. The van der Waals surface area contributed by atoms with Crippen molar-refractivity contribution in [3.63, 3.8) is 0 Å². The monoisotopic (exact) mass is 271 g/mol. The molecule has 1 aliphatic rings. The molecule has 1 fully saturated rings. The Balaban J connectivity index is 1.52. The molecule has 0 atom stereocenters. The number of carbonyl (C=O) groups excluding carboxylic acids is 1. The van der Waals surface area contributed by atoms with E-state index in [9.17, 15) is 4.79 Å². The van der Waals surface area contributed by atoms with Crippen molar-refractivity contribution < 1.29 is 4.79 Å². The Hall–Kier alpha value is -1.81. The molecule has 20 heavy (non-hydrogen) atoms. The number of aromatic amines is 1. The van der Waals surface area contributed by atoms with Crippen LogP contribution in [-0.4, -0.2) is 42.0 Å². The van der Waals surface area contributed by atoms with Crippen molar-refractivity contribution in [2.24, 2.45) is 0 Å². The largest absolute Gasteiger partial charge is 0.361 e. The number of fused-ring (bicyclic) bond motifs is 1. The highest BCUT2D eigenvalue weighted by Gasteiger charge is 2.12. The number of nitrogens with one attached hydrogen (secondary N) is 2. The molecule has 0 spiro atoms. The highest BCUT2D eigenvalue weighted by molar-refractivity contribution is 6.05. The van der Waals surface area contributed by atoms with Crippen molar-refractivity contribution in [2.45, 2.75) is 19.3 Å². The van der Waals surface area contributed by atoms with E-state index in [1.807, 2.05) is 30.5 Å². The normalized spacial score (nSPS) is 15.8. The summed E-state index contributed by atoms with van der Waals surface area (Å²) < 4.78 is 0. The minimum absolute atomic E-state index is 0.0134. The highest BCUT2D eigenvalue weighted by atomic mass is 16.1. The van der Waals surface area contributed by atoms with Crippen LogP contribution in [0.2, 0.25) is 0 Å².